The zero-order valence-electron chi connectivity index (χ0n) is 9.80. The third kappa shape index (κ3) is 7.84. The van der Waals surface area contributed by atoms with Gasteiger partial charge in [-0.25, -0.2) is 0 Å². The highest BCUT2D eigenvalue weighted by molar-refractivity contribution is 5.66. The molecule has 0 saturated carbocycles. The van der Waals surface area contributed by atoms with Gasteiger partial charge in [0.25, 0.3) is 0 Å². The van der Waals surface area contributed by atoms with E-state index in [0.717, 1.165) is 12.8 Å². The molecule has 2 nitrogen and oxygen atoms in total. The second-order valence-corrected chi connectivity index (χ2v) is 3.82. The third-order valence-corrected chi connectivity index (χ3v) is 2.03. The lowest BCUT2D eigenvalue weighted by atomic mass is 10.1. The standard InChI is InChI=1S/C12H22O2/c1-5-6-7-8-10(2)9-11(3)14-12(4)13/h8,11H,5-7,9H2,1-4H3/b10-8+. The van der Waals surface area contributed by atoms with Crippen LogP contribution in [0.15, 0.2) is 11.6 Å². The van der Waals surface area contributed by atoms with Crippen molar-refractivity contribution in [3.8, 4) is 0 Å². The Morgan fingerprint density at radius 1 is 1.43 bits per heavy atom. The topological polar surface area (TPSA) is 26.3 Å². The van der Waals surface area contributed by atoms with Crippen LogP contribution in [0.1, 0.15) is 53.4 Å². The van der Waals surface area contributed by atoms with E-state index < -0.39 is 0 Å². The molecule has 0 fully saturated rings. The number of allylic oxidation sites excluding steroid dienone is 1. The van der Waals surface area contributed by atoms with Gasteiger partial charge in [-0.2, -0.15) is 0 Å². The highest BCUT2D eigenvalue weighted by Gasteiger charge is 2.05. The number of hydrogen-bond acceptors (Lipinski definition) is 2. The molecule has 0 bridgehead atoms. The van der Waals surface area contributed by atoms with E-state index in [4.69, 9.17) is 4.74 Å². The second-order valence-electron chi connectivity index (χ2n) is 3.82. The summed E-state index contributed by atoms with van der Waals surface area (Å²) in [6.07, 6.45) is 6.69. The smallest absolute Gasteiger partial charge is 0.302 e. The summed E-state index contributed by atoms with van der Waals surface area (Å²) in [5, 5.41) is 0. The van der Waals surface area contributed by atoms with Crippen molar-refractivity contribution in [1.29, 1.82) is 0 Å². The fourth-order valence-corrected chi connectivity index (χ4v) is 1.41. The van der Waals surface area contributed by atoms with Gasteiger partial charge in [0.1, 0.15) is 6.10 Å². The predicted molar refractivity (Wildman–Crippen MR) is 59.1 cm³/mol. The van der Waals surface area contributed by atoms with Crippen LogP contribution in [0, 0.1) is 0 Å². The predicted octanol–water partition coefficient (Wildman–Crippen LogP) is 3.46. The van der Waals surface area contributed by atoms with Crippen LogP contribution in [0.5, 0.6) is 0 Å². The van der Waals surface area contributed by atoms with E-state index in [9.17, 15) is 4.79 Å². The number of ether oxygens (including phenoxy) is 1. The Kier molecular flexibility index (Phi) is 7.17. The largest absolute Gasteiger partial charge is 0.463 e. The molecule has 0 aliphatic carbocycles. The Morgan fingerprint density at radius 2 is 2.07 bits per heavy atom. The number of carbonyl (C=O) groups is 1. The molecule has 0 amide bonds. The number of esters is 1. The molecule has 0 aliphatic rings. The van der Waals surface area contributed by atoms with Crippen LogP contribution in [-0.4, -0.2) is 12.1 Å². The molecule has 0 aromatic rings. The van der Waals surface area contributed by atoms with Gasteiger partial charge in [-0.1, -0.05) is 31.4 Å². The van der Waals surface area contributed by atoms with Crippen LogP contribution < -0.4 is 0 Å². The number of rotatable bonds is 6. The summed E-state index contributed by atoms with van der Waals surface area (Å²) in [6.45, 7) is 7.66. The van der Waals surface area contributed by atoms with Crippen LogP contribution in [-0.2, 0) is 9.53 Å². The Hall–Kier alpha value is -0.790. The van der Waals surface area contributed by atoms with Gasteiger partial charge in [0.2, 0.25) is 0 Å². The molecule has 0 aromatic carbocycles. The first-order chi connectivity index (χ1) is 6.56. The van der Waals surface area contributed by atoms with Crippen molar-refractivity contribution >= 4 is 5.97 Å². The molecule has 0 rings (SSSR count). The average molecular weight is 198 g/mol. The molecular formula is C12H22O2. The lowest BCUT2D eigenvalue weighted by Crippen LogP contribution is -2.12. The minimum Gasteiger partial charge on any atom is -0.463 e. The van der Waals surface area contributed by atoms with Crippen LogP contribution in [0.3, 0.4) is 0 Å². The molecule has 0 aliphatic heterocycles. The number of hydrogen-bond donors (Lipinski definition) is 0. The van der Waals surface area contributed by atoms with Crippen LogP contribution >= 0.6 is 0 Å². The molecule has 0 N–H and O–H groups in total. The summed E-state index contributed by atoms with van der Waals surface area (Å²) in [5.41, 5.74) is 1.31. The maximum absolute atomic E-state index is 10.7. The summed E-state index contributed by atoms with van der Waals surface area (Å²) in [5.74, 6) is -0.196. The van der Waals surface area contributed by atoms with Gasteiger partial charge < -0.3 is 4.74 Å². The van der Waals surface area contributed by atoms with E-state index in [1.54, 1.807) is 0 Å². The molecule has 0 heterocycles. The third-order valence-electron chi connectivity index (χ3n) is 2.03. The van der Waals surface area contributed by atoms with Crippen molar-refractivity contribution in [2.24, 2.45) is 0 Å². The van der Waals surface area contributed by atoms with Gasteiger partial charge in [-0.3, -0.25) is 4.79 Å². The van der Waals surface area contributed by atoms with Gasteiger partial charge in [0.15, 0.2) is 0 Å². The molecule has 0 radical (unpaired) electrons. The van der Waals surface area contributed by atoms with Gasteiger partial charge in [0, 0.05) is 13.3 Å². The molecule has 1 atom stereocenters. The minimum absolute atomic E-state index is 0.00498. The van der Waals surface area contributed by atoms with Crippen molar-refractivity contribution in [2.45, 2.75) is 59.5 Å². The molecular weight excluding hydrogens is 176 g/mol. The van der Waals surface area contributed by atoms with Crippen molar-refractivity contribution in [3.05, 3.63) is 11.6 Å². The molecule has 82 valence electrons. The lowest BCUT2D eigenvalue weighted by Gasteiger charge is -2.11. The zero-order valence-corrected chi connectivity index (χ0v) is 9.80. The fourth-order valence-electron chi connectivity index (χ4n) is 1.41. The maximum atomic E-state index is 10.7. The monoisotopic (exact) mass is 198 g/mol. The van der Waals surface area contributed by atoms with E-state index in [-0.39, 0.29) is 12.1 Å². The second kappa shape index (κ2) is 7.60. The van der Waals surface area contributed by atoms with E-state index in [1.165, 1.54) is 25.3 Å². The van der Waals surface area contributed by atoms with E-state index in [1.807, 2.05) is 6.92 Å². The molecule has 14 heavy (non-hydrogen) atoms. The maximum Gasteiger partial charge on any atom is 0.302 e. The first-order valence-corrected chi connectivity index (χ1v) is 5.39. The Labute approximate surface area is 87.3 Å². The molecule has 2 heteroatoms. The number of unbranched alkanes of at least 4 members (excludes halogenated alkanes) is 2. The summed E-state index contributed by atoms with van der Waals surface area (Å²) < 4.78 is 5.05. The summed E-state index contributed by atoms with van der Waals surface area (Å²) >= 11 is 0. The van der Waals surface area contributed by atoms with Crippen molar-refractivity contribution in [3.63, 3.8) is 0 Å². The van der Waals surface area contributed by atoms with Gasteiger partial charge >= 0.3 is 5.97 Å². The first kappa shape index (κ1) is 13.2. The Morgan fingerprint density at radius 3 is 2.57 bits per heavy atom. The Balaban J connectivity index is 3.74. The van der Waals surface area contributed by atoms with E-state index >= 15 is 0 Å². The van der Waals surface area contributed by atoms with Crippen LogP contribution in [0.4, 0.5) is 0 Å². The highest BCUT2D eigenvalue weighted by Crippen LogP contribution is 2.10. The van der Waals surface area contributed by atoms with Crippen molar-refractivity contribution < 1.29 is 9.53 Å². The normalized spacial score (nSPS) is 13.9. The first-order valence-electron chi connectivity index (χ1n) is 5.39. The summed E-state index contributed by atoms with van der Waals surface area (Å²) in [6, 6.07) is 0. The van der Waals surface area contributed by atoms with Gasteiger partial charge in [-0.15, -0.1) is 0 Å². The van der Waals surface area contributed by atoms with E-state index in [2.05, 4.69) is 19.9 Å². The molecule has 1 unspecified atom stereocenters. The molecule has 0 aromatic heterocycles. The van der Waals surface area contributed by atoms with Crippen LogP contribution in [0.25, 0.3) is 0 Å². The molecule has 0 spiro atoms. The van der Waals surface area contributed by atoms with Crippen LogP contribution in [0.2, 0.25) is 0 Å². The zero-order chi connectivity index (χ0) is 11.0. The fraction of sp³-hybridized carbons (Fsp3) is 0.750. The van der Waals surface area contributed by atoms with E-state index in [0.29, 0.717) is 0 Å². The van der Waals surface area contributed by atoms with Gasteiger partial charge in [-0.05, 0) is 20.3 Å². The minimum atomic E-state index is -0.196. The Bertz CT molecular complexity index is 194. The quantitative estimate of drug-likeness (QED) is 0.371. The summed E-state index contributed by atoms with van der Waals surface area (Å²) in [7, 11) is 0. The van der Waals surface area contributed by atoms with Crippen molar-refractivity contribution in [2.75, 3.05) is 0 Å². The summed E-state index contributed by atoms with van der Waals surface area (Å²) in [4.78, 5) is 10.7. The van der Waals surface area contributed by atoms with Gasteiger partial charge in [0.05, 0.1) is 0 Å². The number of carbonyl (C=O) groups excluding carboxylic acids is 1. The highest BCUT2D eigenvalue weighted by atomic mass is 16.5. The average Bonchev–Trinajstić information content (AvgIpc) is 2.02. The lowest BCUT2D eigenvalue weighted by molar-refractivity contribution is -0.145. The SMILES string of the molecule is CCCC/C=C(\C)CC(C)OC(C)=O. The van der Waals surface area contributed by atoms with Crippen molar-refractivity contribution in [1.82, 2.24) is 0 Å². The molecule has 0 saturated heterocycles.